The maximum Gasteiger partial charge on any atom is 0.217 e. The molecule has 1 aromatic rings. The normalized spacial score (nSPS) is 10.9. The Morgan fingerprint density at radius 3 is 2.59 bits per heavy atom. The van der Waals surface area contributed by atoms with Crippen LogP contribution in [0.1, 0.15) is 24.8 Å². The molecule has 0 aliphatic heterocycles. The van der Waals surface area contributed by atoms with Gasteiger partial charge in [-0.2, -0.15) is 0 Å². The predicted octanol–water partition coefficient (Wildman–Crippen LogP) is 2.72. The molecular weight excluding hydrogens is 224 g/mol. The fourth-order valence-electron chi connectivity index (χ4n) is 1.42. The number of carbonyl (C=O) groups is 1. The molecule has 0 unspecified atom stereocenters. The van der Waals surface area contributed by atoms with Gasteiger partial charge in [-0.1, -0.05) is 18.2 Å². The number of benzene rings is 1. The number of rotatable bonds is 6. The zero-order valence-corrected chi connectivity index (χ0v) is 9.46. The smallest absolute Gasteiger partial charge is 0.217 e. The minimum Gasteiger partial charge on any atom is -0.370 e. The quantitative estimate of drug-likeness (QED) is 0.762. The molecule has 0 saturated carbocycles. The summed E-state index contributed by atoms with van der Waals surface area (Å²) in [5.74, 6) is -1.42. The van der Waals surface area contributed by atoms with Crippen molar-refractivity contribution in [1.82, 2.24) is 0 Å². The van der Waals surface area contributed by atoms with Crippen molar-refractivity contribution in [1.29, 1.82) is 0 Å². The van der Waals surface area contributed by atoms with E-state index in [9.17, 15) is 13.6 Å². The van der Waals surface area contributed by atoms with Gasteiger partial charge in [0, 0.05) is 12.5 Å². The minimum atomic E-state index is -0.566. The van der Waals surface area contributed by atoms with E-state index in [0.29, 0.717) is 31.2 Å². The first kappa shape index (κ1) is 13.4. The first-order valence-corrected chi connectivity index (χ1v) is 5.47. The van der Waals surface area contributed by atoms with Crippen LogP contribution < -0.4 is 5.73 Å². The summed E-state index contributed by atoms with van der Waals surface area (Å²) in [6.07, 6.45) is 5.79. The van der Waals surface area contributed by atoms with E-state index in [-0.39, 0.29) is 5.91 Å². The van der Waals surface area contributed by atoms with E-state index in [1.807, 2.05) is 12.2 Å². The van der Waals surface area contributed by atoms with Gasteiger partial charge in [0.2, 0.25) is 5.91 Å². The molecule has 0 radical (unpaired) electrons. The molecule has 1 amide bonds. The lowest BCUT2D eigenvalue weighted by Gasteiger charge is -2.00. The highest BCUT2D eigenvalue weighted by atomic mass is 19.1. The molecule has 0 aromatic heterocycles. The highest BCUT2D eigenvalue weighted by Gasteiger charge is 2.01. The zero-order valence-electron chi connectivity index (χ0n) is 9.46. The molecule has 4 heteroatoms. The lowest BCUT2D eigenvalue weighted by atomic mass is 10.1. The maximum atomic E-state index is 13.2. The molecule has 2 N–H and O–H groups in total. The van der Waals surface area contributed by atoms with Crippen molar-refractivity contribution in [2.45, 2.75) is 25.7 Å². The van der Waals surface area contributed by atoms with Gasteiger partial charge in [0.1, 0.15) is 11.6 Å². The molecule has 17 heavy (non-hydrogen) atoms. The SMILES string of the molecule is NC(=O)CCC=CCCc1ccc(F)cc1F. The number of allylic oxidation sites excluding steroid dienone is 2. The van der Waals surface area contributed by atoms with Crippen molar-refractivity contribution < 1.29 is 13.6 Å². The fraction of sp³-hybridized carbons (Fsp3) is 0.308. The molecule has 0 fully saturated rings. The highest BCUT2D eigenvalue weighted by Crippen LogP contribution is 2.11. The second-order valence-corrected chi connectivity index (χ2v) is 3.75. The van der Waals surface area contributed by atoms with Crippen LogP contribution in [0.25, 0.3) is 0 Å². The molecule has 92 valence electrons. The number of hydrogen-bond donors (Lipinski definition) is 1. The molecule has 0 saturated heterocycles. The van der Waals surface area contributed by atoms with Gasteiger partial charge >= 0.3 is 0 Å². The van der Waals surface area contributed by atoms with Gasteiger partial charge in [0.05, 0.1) is 0 Å². The Bertz CT molecular complexity index is 416. The average molecular weight is 239 g/mol. The van der Waals surface area contributed by atoms with Crippen molar-refractivity contribution in [3.05, 3.63) is 47.5 Å². The molecule has 0 heterocycles. The van der Waals surface area contributed by atoms with E-state index >= 15 is 0 Å². The van der Waals surface area contributed by atoms with Crippen molar-refractivity contribution in [3.63, 3.8) is 0 Å². The third-order valence-corrected chi connectivity index (χ3v) is 2.32. The summed E-state index contributed by atoms with van der Waals surface area (Å²) in [7, 11) is 0. The number of amides is 1. The Labute approximate surface area is 99.1 Å². The maximum absolute atomic E-state index is 13.2. The summed E-state index contributed by atoms with van der Waals surface area (Å²) in [6, 6.07) is 3.57. The van der Waals surface area contributed by atoms with E-state index < -0.39 is 11.6 Å². The van der Waals surface area contributed by atoms with Crippen molar-refractivity contribution in [2.75, 3.05) is 0 Å². The average Bonchev–Trinajstić information content (AvgIpc) is 2.25. The van der Waals surface area contributed by atoms with Crippen molar-refractivity contribution in [3.8, 4) is 0 Å². The molecule has 1 aromatic carbocycles. The molecule has 2 nitrogen and oxygen atoms in total. The Morgan fingerprint density at radius 1 is 1.24 bits per heavy atom. The van der Waals surface area contributed by atoms with Gasteiger partial charge in [0.15, 0.2) is 0 Å². The highest BCUT2D eigenvalue weighted by molar-refractivity contribution is 5.73. The van der Waals surface area contributed by atoms with Crippen molar-refractivity contribution >= 4 is 5.91 Å². The van der Waals surface area contributed by atoms with Crippen LogP contribution in [0.5, 0.6) is 0 Å². The zero-order chi connectivity index (χ0) is 12.7. The van der Waals surface area contributed by atoms with Gasteiger partial charge < -0.3 is 5.73 Å². The molecule has 0 bridgehead atoms. The van der Waals surface area contributed by atoms with Crippen LogP contribution in [0, 0.1) is 11.6 Å². The summed E-state index contributed by atoms with van der Waals surface area (Å²) < 4.78 is 25.8. The topological polar surface area (TPSA) is 43.1 Å². The Balaban J connectivity index is 2.33. The van der Waals surface area contributed by atoms with Gasteiger partial charge in [-0.3, -0.25) is 4.79 Å². The van der Waals surface area contributed by atoms with E-state index in [1.165, 1.54) is 12.1 Å². The number of nitrogens with two attached hydrogens (primary N) is 1. The van der Waals surface area contributed by atoms with Gasteiger partial charge in [-0.15, -0.1) is 0 Å². The number of halogens is 2. The first-order valence-electron chi connectivity index (χ1n) is 5.47. The third-order valence-electron chi connectivity index (χ3n) is 2.32. The Hall–Kier alpha value is -1.71. The van der Waals surface area contributed by atoms with E-state index in [1.54, 1.807) is 0 Å². The first-order chi connectivity index (χ1) is 8.09. The fourth-order valence-corrected chi connectivity index (χ4v) is 1.42. The number of hydrogen-bond acceptors (Lipinski definition) is 1. The summed E-state index contributed by atoms with van der Waals surface area (Å²) in [5.41, 5.74) is 5.47. The largest absolute Gasteiger partial charge is 0.370 e. The molecule has 0 aliphatic rings. The second kappa shape index (κ2) is 6.78. The summed E-state index contributed by atoms with van der Waals surface area (Å²) >= 11 is 0. The Morgan fingerprint density at radius 2 is 1.94 bits per heavy atom. The minimum absolute atomic E-state index is 0.321. The summed E-state index contributed by atoms with van der Waals surface area (Å²) in [6.45, 7) is 0. The van der Waals surface area contributed by atoms with E-state index in [0.717, 1.165) is 6.07 Å². The summed E-state index contributed by atoms with van der Waals surface area (Å²) in [4.78, 5) is 10.4. The van der Waals surface area contributed by atoms with E-state index in [2.05, 4.69) is 0 Å². The molecule has 0 aliphatic carbocycles. The van der Waals surface area contributed by atoms with E-state index in [4.69, 9.17) is 5.73 Å². The molecular formula is C13H15F2NO. The van der Waals surface area contributed by atoms with Crippen LogP contribution in [-0.2, 0) is 11.2 Å². The van der Waals surface area contributed by atoms with Gasteiger partial charge in [-0.25, -0.2) is 8.78 Å². The van der Waals surface area contributed by atoms with Gasteiger partial charge in [0.25, 0.3) is 0 Å². The van der Waals surface area contributed by atoms with Crippen LogP contribution in [0.15, 0.2) is 30.4 Å². The van der Waals surface area contributed by atoms with Crippen LogP contribution >= 0.6 is 0 Å². The molecule has 1 rings (SSSR count). The predicted molar refractivity (Wildman–Crippen MR) is 62.2 cm³/mol. The van der Waals surface area contributed by atoms with Crippen LogP contribution in [0.4, 0.5) is 8.78 Å². The van der Waals surface area contributed by atoms with Gasteiger partial charge in [-0.05, 0) is 30.9 Å². The number of aryl methyl sites for hydroxylation is 1. The molecule has 0 atom stereocenters. The lowest BCUT2D eigenvalue weighted by molar-refractivity contribution is -0.117. The number of primary amides is 1. The standard InChI is InChI=1S/C13H15F2NO/c14-11-8-7-10(12(15)9-11)5-3-1-2-4-6-13(16)17/h1-2,7-9H,3-6H2,(H2,16,17). The second-order valence-electron chi connectivity index (χ2n) is 3.75. The van der Waals surface area contributed by atoms with Crippen molar-refractivity contribution in [2.24, 2.45) is 5.73 Å². The Kier molecular flexibility index (Phi) is 5.33. The number of carbonyl (C=O) groups excluding carboxylic acids is 1. The lowest BCUT2D eigenvalue weighted by Crippen LogP contribution is -2.08. The molecule has 0 spiro atoms. The van der Waals surface area contributed by atoms with Crippen LogP contribution in [0.2, 0.25) is 0 Å². The summed E-state index contributed by atoms with van der Waals surface area (Å²) in [5, 5.41) is 0. The van der Waals surface area contributed by atoms with Crippen LogP contribution in [-0.4, -0.2) is 5.91 Å². The van der Waals surface area contributed by atoms with Crippen LogP contribution in [0.3, 0.4) is 0 Å². The monoisotopic (exact) mass is 239 g/mol. The third kappa shape index (κ3) is 5.24.